The van der Waals surface area contributed by atoms with Crippen molar-refractivity contribution >= 4 is 17.7 Å². The summed E-state index contributed by atoms with van der Waals surface area (Å²) in [5, 5.41) is 16.2. The van der Waals surface area contributed by atoms with E-state index in [1.165, 1.54) is 22.9 Å². The first kappa shape index (κ1) is 20.9. The maximum atomic E-state index is 14.0. The van der Waals surface area contributed by atoms with Gasteiger partial charge < -0.3 is 15.4 Å². The van der Waals surface area contributed by atoms with E-state index >= 15 is 0 Å². The van der Waals surface area contributed by atoms with Crippen LogP contribution in [0.2, 0.25) is 0 Å². The molecule has 2 amide bonds. The number of carbonyl (C=O) groups is 2. The minimum Gasteiger partial charge on any atom is -0.445 e. The van der Waals surface area contributed by atoms with Gasteiger partial charge >= 0.3 is 6.09 Å². The van der Waals surface area contributed by atoms with Gasteiger partial charge in [0.15, 0.2) is 5.82 Å². The summed E-state index contributed by atoms with van der Waals surface area (Å²) in [6, 6.07) is 13.5. The Morgan fingerprint density at radius 2 is 1.97 bits per heavy atom. The SMILES string of the molecule is Cc1nnnn1-c1ccc(F)c(NC(=O)CCCNC(=O)OCc2ccccc2)c1. The second-order valence-electron chi connectivity index (χ2n) is 6.44. The fourth-order valence-corrected chi connectivity index (χ4v) is 2.64. The lowest BCUT2D eigenvalue weighted by Gasteiger charge is -2.10. The van der Waals surface area contributed by atoms with Gasteiger partial charge in [0.25, 0.3) is 0 Å². The number of carbonyl (C=O) groups excluding carboxylic acids is 2. The van der Waals surface area contributed by atoms with Gasteiger partial charge in [-0.2, -0.15) is 4.68 Å². The number of aromatic nitrogens is 4. The zero-order chi connectivity index (χ0) is 21.3. The van der Waals surface area contributed by atoms with Gasteiger partial charge in [-0.05, 0) is 47.5 Å². The van der Waals surface area contributed by atoms with E-state index < -0.39 is 11.9 Å². The molecule has 2 N–H and O–H groups in total. The fourth-order valence-electron chi connectivity index (χ4n) is 2.64. The summed E-state index contributed by atoms with van der Waals surface area (Å²) in [6.45, 7) is 2.14. The average molecular weight is 412 g/mol. The summed E-state index contributed by atoms with van der Waals surface area (Å²) in [5.74, 6) is -0.413. The fraction of sp³-hybridized carbons (Fsp3) is 0.250. The van der Waals surface area contributed by atoms with Crippen molar-refractivity contribution < 1.29 is 18.7 Å². The van der Waals surface area contributed by atoms with E-state index in [2.05, 4.69) is 26.2 Å². The summed E-state index contributed by atoms with van der Waals surface area (Å²) >= 11 is 0. The minimum absolute atomic E-state index is 0.0302. The summed E-state index contributed by atoms with van der Waals surface area (Å²) in [5.41, 5.74) is 1.44. The van der Waals surface area contributed by atoms with Crippen molar-refractivity contribution in [1.82, 2.24) is 25.5 Å². The van der Waals surface area contributed by atoms with E-state index in [4.69, 9.17) is 4.74 Å². The van der Waals surface area contributed by atoms with Gasteiger partial charge in [-0.25, -0.2) is 9.18 Å². The van der Waals surface area contributed by atoms with Crippen molar-refractivity contribution in [2.24, 2.45) is 0 Å². The van der Waals surface area contributed by atoms with Crippen LogP contribution >= 0.6 is 0 Å². The molecule has 0 aliphatic rings. The standard InChI is InChI=1S/C20H21FN6O3/c1-14-24-25-26-27(14)16-9-10-17(21)18(12-16)23-19(28)8-5-11-22-20(29)30-13-15-6-3-2-4-7-15/h2-4,6-7,9-10,12H,5,8,11,13H2,1H3,(H,22,29)(H,23,28). The molecule has 1 heterocycles. The van der Waals surface area contributed by atoms with Crippen LogP contribution in [-0.4, -0.2) is 38.8 Å². The third kappa shape index (κ3) is 5.84. The highest BCUT2D eigenvalue weighted by molar-refractivity contribution is 5.91. The van der Waals surface area contributed by atoms with Crippen LogP contribution in [0.3, 0.4) is 0 Å². The molecule has 30 heavy (non-hydrogen) atoms. The number of anilines is 1. The molecule has 2 aromatic carbocycles. The Kier molecular flexibility index (Phi) is 7.04. The molecule has 9 nitrogen and oxygen atoms in total. The molecule has 0 aliphatic heterocycles. The predicted octanol–water partition coefficient (Wildman–Crippen LogP) is 2.75. The zero-order valence-electron chi connectivity index (χ0n) is 16.3. The molecule has 0 atom stereocenters. The smallest absolute Gasteiger partial charge is 0.407 e. The van der Waals surface area contributed by atoms with E-state index in [1.54, 1.807) is 6.92 Å². The first-order valence-electron chi connectivity index (χ1n) is 9.32. The van der Waals surface area contributed by atoms with Gasteiger partial charge in [-0.15, -0.1) is 5.10 Å². The maximum absolute atomic E-state index is 14.0. The van der Waals surface area contributed by atoms with Crippen LogP contribution in [-0.2, 0) is 16.1 Å². The van der Waals surface area contributed by atoms with Crippen LogP contribution in [0, 0.1) is 12.7 Å². The number of hydrogen-bond acceptors (Lipinski definition) is 6. The molecule has 156 valence electrons. The number of nitrogens with zero attached hydrogens (tertiary/aromatic N) is 4. The highest BCUT2D eigenvalue weighted by Crippen LogP contribution is 2.19. The lowest BCUT2D eigenvalue weighted by atomic mass is 10.2. The van der Waals surface area contributed by atoms with Crippen LogP contribution in [0.4, 0.5) is 14.9 Å². The number of halogens is 1. The van der Waals surface area contributed by atoms with Gasteiger partial charge in [-0.1, -0.05) is 30.3 Å². The summed E-state index contributed by atoms with van der Waals surface area (Å²) in [7, 11) is 0. The van der Waals surface area contributed by atoms with Gasteiger partial charge in [0.1, 0.15) is 12.4 Å². The number of benzene rings is 2. The topological polar surface area (TPSA) is 111 Å². The van der Waals surface area contributed by atoms with Gasteiger partial charge in [0.05, 0.1) is 11.4 Å². The Balaban J connectivity index is 1.41. The first-order chi connectivity index (χ1) is 14.5. The average Bonchev–Trinajstić information content (AvgIpc) is 3.18. The third-order valence-corrected chi connectivity index (χ3v) is 4.16. The van der Waals surface area contributed by atoms with Crippen molar-refractivity contribution in [3.8, 4) is 5.69 Å². The molecule has 10 heteroatoms. The Bertz CT molecular complexity index is 1010. The molecule has 3 aromatic rings. The van der Waals surface area contributed by atoms with E-state index in [0.29, 0.717) is 17.9 Å². The van der Waals surface area contributed by atoms with E-state index in [1.807, 2.05) is 30.3 Å². The normalized spacial score (nSPS) is 10.5. The number of amides is 2. The van der Waals surface area contributed by atoms with Crippen molar-refractivity contribution in [1.29, 1.82) is 0 Å². The second kappa shape index (κ2) is 10.1. The molecule has 0 aliphatic carbocycles. The molecule has 0 fully saturated rings. The van der Waals surface area contributed by atoms with Crippen LogP contribution in [0.1, 0.15) is 24.2 Å². The predicted molar refractivity (Wildman–Crippen MR) is 106 cm³/mol. The number of ether oxygens (including phenoxy) is 1. The van der Waals surface area contributed by atoms with Crippen molar-refractivity contribution in [3.63, 3.8) is 0 Å². The van der Waals surface area contributed by atoms with Gasteiger partial charge in [0.2, 0.25) is 5.91 Å². The molecular formula is C20H21FN6O3. The van der Waals surface area contributed by atoms with Crippen LogP contribution in [0.5, 0.6) is 0 Å². The highest BCUT2D eigenvalue weighted by atomic mass is 19.1. The maximum Gasteiger partial charge on any atom is 0.407 e. The molecule has 0 spiro atoms. The number of hydrogen-bond donors (Lipinski definition) is 2. The molecular weight excluding hydrogens is 391 g/mol. The number of tetrazole rings is 1. The first-order valence-corrected chi connectivity index (χ1v) is 9.32. The lowest BCUT2D eigenvalue weighted by molar-refractivity contribution is -0.116. The molecule has 0 saturated heterocycles. The molecule has 0 saturated carbocycles. The quantitative estimate of drug-likeness (QED) is 0.551. The van der Waals surface area contributed by atoms with E-state index in [-0.39, 0.29) is 31.2 Å². The summed E-state index contributed by atoms with van der Waals surface area (Å²) in [4.78, 5) is 23.8. The zero-order valence-corrected chi connectivity index (χ0v) is 16.3. The number of rotatable bonds is 8. The second-order valence-corrected chi connectivity index (χ2v) is 6.44. The molecule has 0 radical (unpaired) electrons. The monoisotopic (exact) mass is 412 g/mol. The number of nitrogens with one attached hydrogen (secondary N) is 2. The molecule has 1 aromatic heterocycles. The summed E-state index contributed by atoms with van der Waals surface area (Å²) in [6.07, 6.45) is -0.0820. The summed E-state index contributed by atoms with van der Waals surface area (Å²) < 4.78 is 20.6. The third-order valence-electron chi connectivity index (χ3n) is 4.16. The Hall–Kier alpha value is -3.82. The molecule has 0 unspecified atom stereocenters. The molecule has 3 rings (SSSR count). The van der Waals surface area contributed by atoms with Crippen molar-refractivity contribution in [3.05, 3.63) is 65.7 Å². The van der Waals surface area contributed by atoms with Crippen LogP contribution < -0.4 is 10.6 Å². The number of alkyl carbamates (subject to hydrolysis) is 1. The Morgan fingerprint density at radius 1 is 1.17 bits per heavy atom. The van der Waals surface area contributed by atoms with Crippen molar-refractivity contribution in [2.75, 3.05) is 11.9 Å². The Morgan fingerprint density at radius 3 is 2.70 bits per heavy atom. The largest absolute Gasteiger partial charge is 0.445 e. The van der Waals surface area contributed by atoms with Gasteiger partial charge in [0, 0.05) is 13.0 Å². The minimum atomic E-state index is -0.569. The van der Waals surface area contributed by atoms with Crippen molar-refractivity contribution in [2.45, 2.75) is 26.4 Å². The lowest BCUT2D eigenvalue weighted by Crippen LogP contribution is -2.26. The van der Waals surface area contributed by atoms with E-state index in [0.717, 1.165) is 5.56 Å². The van der Waals surface area contributed by atoms with Crippen LogP contribution in [0.15, 0.2) is 48.5 Å². The molecule has 0 bridgehead atoms. The van der Waals surface area contributed by atoms with Gasteiger partial charge in [-0.3, -0.25) is 4.79 Å². The highest BCUT2D eigenvalue weighted by Gasteiger charge is 2.11. The van der Waals surface area contributed by atoms with E-state index in [9.17, 15) is 14.0 Å². The number of aryl methyl sites for hydroxylation is 1. The Labute approximate surface area is 172 Å². The van der Waals surface area contributed by atoms with Crippen LogP contribution in [0.25, 0.3) is 5.69 Å².